The molecular weight excluding hydrogens is 196 g/mol. The summed E-state index contributed by atoms with van der Waals surface area (Å²) in [6.07, 6.45) is 2.25. The molecule has 14 heavy (non-hydrogen) atoms. The van der Waals surface area contributed by atoms with E-state index in [4.69, 9.17) is 11.6 Å². The molecule has 1 rings (SSSR count). The first-order valence-electron chi connectivity index (χ1n) is 5.06. The highest BCUT2D eigenvalue weighted by Gasteiger charge is 2.04. The maximum atomic E-state index is 9.42. The number of aryl methyl sites for hydroxylation is 2. The van der Waals surface area contributed by atoms with Crippen molar-refractivity contribution in [2.45, 2.75) is 39.2 Å². The average Bonchev–Trinajstić information content (AvgIpc) is 2.16. The molecule has 0 spiro atoms. The summed E-state index contributed by atoms with van der Waals surface area (Å²) in [5.41, 5.74) is 2.31. The smallest absolute Gasteiger partial charge is 0.0540 e. The monoisotopic (exact) mass is 212 g/mol. The van der Waals surface area contributed by atoms with E-state index in [1.807, 2.05) is 26.0 Å². The minimum Gasteiger partial charge on any atom is -0.393 e. The molecule has 2 heteroatoms. The van der Waals surface area contributed by atoms with Gasteiger partial charge in [0.15, 0.2) is 0 Å². The van der Waals surface area contributed by atoms with Crippen LogP contribution in [0.4, 0.5) is 0 Å². The van der Waals surface area contributed by atoms with E-state index in [0.29, 0.717) is 0 Å². The first-order valence-corrected chi connectivity index (χ1v) is 5.44. The van der Waals surface area contributed by atoms with Gasteiger partial charge in [0.2, 0.25) is 0 Å². The van der Waals surface area contributed by atoms with E-state index in [1.165, 1.54) is 5.56 Å². The Kier molecular flexibility index (Phi) is 4.43. The van der Waals surface area contributed by atoms with Crippen molar-refractivity contribution in [2.75, 3.05) is 0 Å². The van der Waals surface area contributed by atoms with E-state index < -0.39 is 0 Å². The van der Waals surface area contributed by atoms with Crippen molar-refractivity contribution in [3.05, 3.63) is 34.3 Å². The van der Waals surface area contributed by atoms with Crippen molar-refractivity contribution in [1.29, 1.82) is 0 Å². The highest BCUT2D eigenvalue weighted by molar-refractivity contribution is 6.31. The molecule has 1 nitrogen and oxygen atoms in total. The standard InChI is InChI=1S/C12H17ClO/c1-3-11(14)7-6-10-5-4-9(2)8-12(10)13/h4-5,8,11,14H,3,6-7H2,1-2H3. The fourth-order valence-electron chi connectivity index (χ4n) is 1.38. The zero-order chi connectivity index (χ0) is 10.6. The van der Waals surface area contributed by atoms with Gasteiger partial charge in [-0.15, -0.1) is 0 Å². The summed E-state index contributed by atoms with van der Waals surface area (Å²) in [5, 5.41) is 10.2. The summed E-state index contributed by atoms with van der Waals surface area (Å²) in [4.78, 5) is 0. The van der Waals surface area contributed by atoms with Crippen LogP contribution in [0.3, 0.4) is 0 Å². The van der Waals surface area contributed by atoms with Crippen LogP contribution in [0.15, 0.2) is 18.2 Å². The van der Waals surface area contributed by atoms with Crippen LogP contribution in [0.25, 0.3) is 0 Å². The summed E-state index contributed by atoms with van der Waals surface area (Å²) in [6.45, 7) is 4.01. The quantitative estimate of drug-likeness (QED) is 0.812. The van der Waals surface area contributed by atoms with Crippen LogP contribution in [-0.2, 0) is 6.42 Å². The lowest BCUT2D eigenvalue weighted by atomic mass is 10.0. The summed E-state index contributed by atoms with van der Waals surface area (Å²) in [6, 6.07) is 6.06. The fourth-order valence-corrected chi connectivity index (χ4v) is 1.71. The molecule has 0 heterocycles. The number of rotatable bonds is 4. The molecule has 0 aromatic heterocycles. The Morgan fingerprint density at radius 3 is 2.71 bits per heavy atom. The van der Waals surface area contributed by atoms with Gasteiger partial charge in [-0.1, -0.05) is 30.7 Å². The maximum Gasteiger partial charge on any atom is 0.0540 e. The molecule has 0 saturated heterocycles. The highest BCUT2D eigenvalue weighted by atomic mass is 35.5. The summed E-state index contributed by atoms with van der Waals surface area (Å²) < 4.78 is 0. The van der Waals surface area contributed by atoms with E-state index in [2.05, 4.69) is 6.07 Å². The molecule has 0 fully saturated rings. The zero-order valence-corrected chi connectivity index (χ0v) is 9.51. The van der Waals surface area contributed by atoms with Gasteiger partial charge in [0.25, 0.3) is 0 Å². The second-order valence-corrected chi connectivity index (χ2v) is 4.10. The van der Waals surface area contributed by atoms with Gasteiger partial charge in [-0.2, -0.15) is 0 Å². The van der Waals surface area contributed by atoms with Crippen molar-refractivity contribution in [3.8, 4) is 0 Å². The van der Waals surface area contributed by atoms with E-state index >= 15 is 0 Å². The van der Waals surface area contributed by atoms with Crippen LogP contribution in [0.2, 0.25) is 5.02 Å². The van der Waals surface area contributed by atoms with Gasteiger partial charge < -0.3 is 5.11 Å². The summed E-state index contributed by atoms with van der Waals surface area (Å²) in [7, 11) is 0. The van der Waals surface area contributed by atoms with Crippen molar-refractivity contribution in [3.63, 3.8) is 0 Å². The number of aliphatic hydroxyl groups excluding tert-OH is 1. The third-order valence-electron chi connectivity index (χ3n) is 2.43. The van der Waals surface area contributed by atoms with Gasteiger partial charge in [-0.3, -0.25) is 0 Å². The van der Waals surface area contributed by atoms with Crippen LogP contribution in [0, 0.1) is 6.92 Å². The minimum absolute atomic E-state index is 0.202. The van der Waals surface area contributed by atoms with E-state index in [0.717, 1.165) is 29.8 Å². The Balaban J connectivity index is 2.59. The number of aliphatic hydroxyl groups is 1. The normalized spacial score (nSPS) is 12.9. The van der Waals surface area contributed by atoms with Gasteiger partial charge in [0.05, 0.1) is 6.10 Å². The molecule has 1 atom stereocenters. The molecule has 0 radical (unpaired) electrons. The zero-order valence-electron chi connectivity index (χ0n) is 8.76. The molecule has 1 N–H and O–H groups in total. The number of hydrogen-bond donors (Lipinski definition) is 1. The van der Waals surface area contributed by atoms with Crippen LogP contribution >= 0.6 is 11.6 Å². The summed E-state index contributed by atoms with van der Waals surface area (Å²) in [5.74, 6) is 0. The largest absolute Gasteiger partial charge is 0.393 e. The van der Waals surface area contributed by atoms with Gasteiger partial charge in [-0.05, 0) is 43.4 Å². The third kappa shape index (κ3) is 3.32. The van der Waals surface area contributed by atoms with Gasteiger partial charge in [0, 0.05) is 5.02 Å². The molecule has 1 unspecified atom stereocenters. The first kappa shape index (κ1) is 11.5. The molecule has 1 aromatic rings. The van der Waals surface area contributed by atoms with Gasteiger partial charge in [0.1, 0.15) is 0 Å². The SMILES string of the molecule is CCC(O)CCc1ccc(C)cc1Cl. The van der Waals surface area contributed by atoms with Crippen molar-refractivity contribution in [1.82, 2.24) is 0 Å². The van der Waals surface area contributed by atoms with Crippen LogP contribution < -0.4 is 0 Å². The van der Waals surface area contributed by atoms with E-state index in [-0.39, 0.29) is 6.10 Å². The topological polar surface area (TPSA) is 20.2 Å². The molecule has 0 aliphatic carbocycles. The second kappa shape index (κ2) is 5.38. The predicted octanol–water partition coefficient (Wildman–Crippen LogP) is 3.35. The lowest BCUT2D eigenvalue weighted by Crippen LogP contribution is -2.05. The Hall–Kier alpha value is -0.530. The van der Waals surface area contributed by atoms with Crippen molar-refractivity contribution < 1.29 is 5.11 Å². The Bertz CT molecular complexity index is 296. The number of benzene rings is 1. The molecule has 0 amide bonds. The molecule has 0 bridgehead atoms. The van der Waals surface area contributed by atoms with Crippen LogP contribution in [0.5, 0.6) is 0 Å². The van der Waals surface area contributed by atoms with Crippen LogP contribution in [-0.4, -0.2) is 11.2 Å². The van der Waals surface area contributed by atoms with Crippen molar-refractivity contribution >= 4 is 11.6 Å². The number of hydrogen-bond acceptors (Lipinski definition) is 1. The molecule has 0 aliphatic rings. The number of halogens is 1. The molecular formula is C12H17ClO. The minimum atomic E-state index is -0.202. The van der Waals surface area contributed by atoms with E-state index in [9.17, 15) is 5.11 Å². The first-order chi connectivity index (χ1) is 6.63. The molecule has 78 valence electrons. The maximum absolute atomic E-state index is 9.42. The molecule has 0 saturated carbocycles. The van der Waals surface area contributed by atoms with Crippen LogP contribution in [0.1, 0.15) is 30.9 Å². The summed E-state index contributed by atoms with van der Waals surface area (Å²) >= 11 is 6.07. The molecule has 1 aromatic carbocycles. The Morgan fingerprint density at radius 1 is 1.43 bits per heavy atom. The lowest BCUT2D eigenvalue weighted by molar-refractivity contribution is 0.160. The molecule has 0 aliphatic heterocycles. The lowest BCUT2D eigenvalue weighted by Gasteiger charge is -2.08. The highest BCUT2D eigenvalue weighted by Crippen LogP contribution is 2.19. The van der Waals surface area contributed by atoms with Gasteiger partial charge in [-0.25, -0.2) is 0 Å². The Labute approximate surface area is 90.7 Å². The van der Waals surface area contributed by atoms with Crippen molar-refractivity contribution in [2.24, 2.45) is 0 Å². The predicted molar refractivity (Wildman–Crippen MR) is 60.8 cm³/mol. The van der Waals surface area contributed by atoms with Gasteiger partial charge >= 0.3 is 0 Å². The average molecular weight is 213 g/mol. The second-order valence-electron chi connectivity index (χ2n) is 3.70. The Morgan fingerprint density at radius 2 is 2.14 bits per heavy atom. The fraction of sp³-hybridized carbons (Fsp3) is 0.500. The third-order valence-corrected chi connectivity index (χ3v) is 2.78. The van der Waals surface area contributed by atoms with E-state index in [1.54, 1.807) is 0 Å².